The van der Waals surface area contributed by atoms with E-state index in [0.717, 1.165) is 29.0 Å². The van der Waals surface area contributed by atoms with Gasteiger partial charge in [0.2, 0.25) is 0 Å². The van der Waals surface area contributed by atoms with Crippen LogP contribution in [0.25, 0.3) is 33.3 Å². The van der Waals surface area contributed by atoms with Crippen LogP contribution in [0.2, 0.25) is 0 Å². The Morgan fingerprint density at radius 1 is 0.960 bits per heavy atom. The summed E-state index contributed by atoms with van der Waals surface area (Å²) >= 11 is 0. The molecule has 0 amide bonds. The Kier molecular flexibility index (Phi) is 3.13. The molecule has 120 valence electrons. The van der Waals surface area contributed by atoms with Crippen LogP contribution >= 0.6 is 0 Å². The largest absolute Gasteiger partial charge is 0.343 e. The molecule has 0 saturated carbocycles. The zero-order valence-electron chi connectivity index (χ0n) is 13.6. The molecule has 0 aliphatic heterocycles. The molecule has 0 fully saturated rings. The number of H-pyrrole nitrogens is 1. The van der Waals surface area contributed by atoms with E-state index in [0.29, 0.717) is 0 Å². The number of pyridine rings is 1. The summed E-state index contributed by atoms with van der Waals surface area (Å²) in [6, 6.07) is 20.8. The Hall–Kier alpha value is -3.40. The van der Waals surface area contributed by atoms with E-state index in [4.69, 9.17) is 4.98 Å². The quantitative estimate of drug-likeness (QED) is 0.526. The molecule has 2 aromatic carbocycles. The van der Waals surface area contributed by atoms with Gasteiger partial charge in [0.1, 0.15) is 5.82 Å². The minimum absolute atomic E-state index is 0.806. The molecule has 0 radical (unpaired) electrons. The maximum atomic E-state index is 4.71. The first-order valence-corrected chi connectivity index (χ1v) is 8.30. The number of para-hydroxylation sites is 2. The number of hydrogen-bond acceptors (Lipinski definition) is 2. The van der Waals surface area contributed by atoms with E-state index < -0.39 is 0 Å². The van der Waals surface area contributed by atoms with Crippen LogP contribution in [-0.4, -0.2) is 19.5 Å². The number of hydrogen-bond donors (Lipinski definition) is 1. The van der Waals surface area contributed by atoms with Crippen molar-refractivity contribution >= 4 is 21.9 Å². The Bertz CT molecular complexity index is 1140. The molecule has 0 unspecified atom stereocenters. The van der Waals surface area contributed by atoms with Gasteiger partial charge in [-0.1, -0.05) is 30.3 Å². The predicted octanol–water partition coefficient (Wildman–Crippen LogP) is 4.63. The fourth-order valence-corrected chi connectivity index (χ4v) is 3.25. The molecule has 0 spiro atoms. The highest BCUT2D eigenvalue weighted by Crippen LogP contribution is 2.25. The van der Waals surface area contributed by atoms with E-state index in [9.17, 15) is 0 Å². The van der Waals surface area contributed by atoms with Crippen molar-refractivity contribution in [1.29, 1.82) is 0 Å². The molecule has 25 heavy (non-hydrogen) atoms. The summed E-state index contributed by atoms with van der Waals surface area (Å²) in [5, 5.41) is 1.23. The Balaban J connectivity index is 1.59. The highest BCUT2D eigenvalue weighted by atomic mass is 15.0. The van der Waals surface area contributed by atoms with Crippen molar-refractivity contribution in [3.8, 4) is 11.4 Å². The van der Waals surface area contributed by atoms with Gasteiger partial charge in [-0.05, 0) is 41.3 Å². The van der Waals surface area contributed by atoms with Gasteiger partial charge in [-0.2, -0.15) is 0 Å². The maximum absolute atomic E-state index is 4.71. The summed E-state index contributed by atoms with van der Waals surface area (Å²) < 4.78 is 2.25. The summed E-state index contributed by atoms with van der Waals surface area (Å²) in [5.74, 6) is 0.900. The van der Waals surface area contributed by atoms with Crippen LogP contribution in [0.1, 0.15) is 5.56 Å². The molecular weight excluding hydrogens is 308 g/mol. The Labute approximate surface area is 144 Å². The fourth-order valence-electron chi connectivity index (χ4n) is 3.25. The van der Waals surface area contributed by atoms with Crippen molar-refractivity contribution in [2.75, 3.05) is 0 Å². The van der Waals surface area contributed by atoms with Crippen LogP contribution in [0, 0.1) is 0 Å². The van der Waals surface area contributed by atoms with Crippen LogP contribution in [0.4, 0.5) is 0 Å². The zero-order chi connectivity index (χ0) is 16.6. The zero-order valence-corrected chi connectivity index (χ0v) is 13.6. The van der Waals surface area contributed by atoms with Crippen molar-refractivity contribution in [2.45, 2.75) is 6.54 Å². The summed E-state index contributed by atoms with van der Waals surface area (Å²) in [6.07, 6.45) is 5.84. The topological polar surface area (TPSA) is 46.5 Å². The lowest BCUT2D eigenvalue weighted by atomic mass is 10.1. The molecule has 0 aliphatic rings. The predicted molar refractivity (Wildman–Crippen MR) is 100 cm³/mol. The smallest absolute Gasteiger partial charge is 0.138 e. The lowest BCUT2D eigenvalue weighted by molar-refractivity contribution is 0.832. The first kappa shape index (κ1) is 14.0. The summed E-state index contributed by atoms with van der Waals surface area (Å²) in [7, 11) is 0. The second-order valence-electron chi connectivity index (χ2n) is 6.18. The molecule has 4 nitrogen and oxygen atoms in total. The SMILES string of the molecule is c1cncc(Cn2ccc3ccc(-c4nc5ccccc5[nH]4)cc32)c1. The monoisotopic (exact) mass is 324 g/mol. The third-order valence-corrected chi connectivity index (χ3v) is 4.51. The Morgan fingerprint density at radius 3 is 2.80 bits per heavy atom. The lowest BCUT2D eigenvalue weighted by Gasteiger charge is -2.06. The van der Waals surface area contributed by atoms with Crippen molar-refractivity contribution in [3.05, 3.63) is 84.8 Å². The van der Waals surface area contributed by atoms with Crippen molar-refractivity contribution in [1.82, 2.24) is 19.5 Å². The van der Waals surface area contributed by atoms with Gasteiger partial charge in [-0.15, -0.1) is 0 Å². The van der Waals surface area contributed by atoms with E-state index in [1.807, 2.05) is 30.5 Å². The molecule has 0 saturated heterocycles. The molecule has 3 aromatic heterocycles. The number of aromatic amines is 1. The summed E-state index contributed by atoms with van der Waals surface area (Å²) in [5.41, 5.74) is 5.53. The first-order valence-electron chi connectivity index (χ1n) is 8.30. The molecule has 0 bridgehead atoms. The summed E-state index contributed by atoms with van der Waals surface area (Å²) in [4.78, 5) is 12.3. The number of benzene rings is 2. The van der Waals surface area contributed by atoms with Gasteiger partial charge in [-0.25, -0.2) is 4.98 Å². The molecule has 5 rings (SSSR count). The van der Waals surface area contributed by atoms with Gasteiger partial charge in [0.05, 0.1) is 11.0 Å². The average Bonchev–Trinajstić information content (AvgIpc) is 3.26. The van der Waals surface area contributed by atoms with Crippen molar-refractivity contribution in [2.24, 2.45) is 0 Å². The maximum Gasteiger partial charge on any atom is 0.138 e. The third-order valence-electron chi connectivity index (χ3n) is 4.51. The van der Waals surface area contributed by atoms with Crippen molar-refractivity contribution < 1.29 is 0 Å². The molecule has 1 N–H and O–H groups in total. The van der Waals surface area contributed by atoms with E-state index in [1.165, 1.54) is 16.5 Å². The third kappa shape index (κ3) is 2.48. The minimum Gasteiger partial charge on any atom is -0.343 e. The molecule has 0 aliphatic carbocycles. The highest BCUT2D eigenvalue weighted by Gasteiger charge is 2.08. The van der Waals surface area contributed by atoms with E-state index in [2.05, 4.69) is 57.1 Å². The fraction of sp³-hybridized carbons (Fsp3) is 0.0476. The normalized spacial score (nSPS) is 11.4. The summed E-state index contributed by atoms with van der Waals surface area (Å²) in [6.45, 7) is 0.806. The molecule has 4 heteroatoms. The standard InChI is InChI=1S/C21H16N4/c1-2-6-19-18(5-1)23-21(24-19)17-8-7-16-9-11-25(20(16)12-17)14-15-4-3-10-22-13-15/h1-13H,14H2,(H,23,24). The number of fused-ring (bicyclic) bond motifs is 2. The number of rotatable bonds is 3. The number of imidazole rings is 1. The van der Waals surface area contributed by atoms with Gasteiger partial charge >= 0.3 is 0 Å². The first-order chi connectivity index (χ1) is 12.4. The van der Waals surface area contributed by atoms with Gasteiger partial charge in [-0.3, -0.25) is 4.98 Å². The molecular formula is C21H16N4. The van der Waals surface area contributed by atoms with E-state index in [1.54, 1.807) is 6.20 Å². The number of aromatic nitrogens is 4. The second-order valence-corrected chi connectivity index (χ2v) is 6.18. The minimum atomic E-state index is 0.806. The lowest BCUT2D eigenvalue weighted by Crippen LogP contribution is -1.98. The van der Waals surface area contributed by atoms with Gasteiger partial charge in [0, 0.05) is 36.2 Å². The van der Waals surface area contributed by atoms with Gasteiger partial charge in [0.25, 0.3) is 0 Å². The van der Waals surface area contributed by atoms with Crippen molar-refractivity contribution in [3.63, 3.8) is 0 Å². The number of nitrogens with zero attached hydrogens (tertiary/aromatic N) is 3. The van der Waals surface area contributed by atoms with Crippen LogP contribution in [0.3, 0.4) is 0 Å². The van der Waals surface area contributed by atoms with Crippen LogP contribution < -0.4 is 0 Å². The Morgan fingerprint density at radius 2 is 1.92 bits per heavy atom. The molecule has 5 aromatic rings. The van der Waals surface area contributed by atoms with Gasteiger partial charge in [0.15, 0.2) is 0 Å². The van der Waals surface area contributed by atoms with E-state index >= 15 is 0 Å². The van der Waals surface area contributed by atoms with Gasteiger partial charge < -0.3 is 9.55 Å². The van der Waals surface area contributed by atoms with Crippen LogP contribution in [0.5, 0.6) is 0 Å². The average molecular weight is 324 g/mol. The van der Waals surface area contributed by atoms with Crippen LogP contribution in [0.15, 0.2) is 79.3 Å². The highest BCUT2D eigenvalue weighted by molar-refractivity contribution is 5.86. The second kappa shape index (κ2) is 5.60. The molecule has 3 heterocycles. The van der Waals surface area contributed by atoms with Crippen LogP contribution in [-0.2, 0) is 6.54 Å². The molecule has 0 atom stereocenters. The number of nitrogens with one attached hydrogen (secondary N) is 1. The van der Waals surface area contributed by atoms with E-state index in [-0.39, 0.29) is 0 Å².